The van der Waals surface area contributed by atoms with Crippen LogP contribution in [0.3, 0.4) is 0 Å². The fourth-order valence-electron chi connectivity index (χ4n) is 3.41. The van der Waals surface area contributed by atoms with Crippen LogP contribution in [0.2, 0.25) is 0 Å². The summed E-state index contributed by atoms with van der Waals surface area (Å²) < 4.78 is 57.7. The summed E-state index contributed by atoms with van der Waals surface area (Å²) in [5.74, 6) is -1.01. The second-order valence-corrected chi connectivity index (χ2v) is 8.95. The van der Waals surface area contributed by atoms with Crippen LogP contribution in [0.1, 0.15) is 23.9 Å². The second kappa shape index (κ2) is 8.07. The molecule has 0 unspecified atom stereocenters. The number of anilines is 1. The zero-order valence-electron chi connectivity index (χ0n) is 17.0. The molecule has 0 fully saturated rings. The zero-order chi connectivity index (χ0) is 22.2. The molecule has 0 saturated heterocycles. The summed E-state index contributed by atoms with van der Waals surface area (Å²) in [6, 6.07) is 13.0. The van der Waals surface area contributed by atoms with Crippen LogP contribution in [0.4, 0.5) is 14.5 Å². The maximum atomic E-state index is 13.8. The van der Waals surface area contributed by atoms with Crippen molar-refractivity contribution in [3.8, 4) is 0 Å². The molecule has 0 aliphatic rings. The van der Waals surface area contributed by atoms with Gasteiger partial charge in [0.2, 0.25) is 0 Å². The number of aromatic nitrogens is 3. The van der Waals surface area contributed by atoms with E-state index in [4.69, 9.17) is 0 Å². The summed E-state index contributed by atoms with van der Waals surface area (Å²) in [7, 11) is -4.15. The van der Waals surface area contributed by atoms with E-state index in [2.05, 4.69) is 10.2 Å². The number of rotatable bonds is 6. The summed E-state index contributed by atoms with van der Waals surface area (Å²) >= 11 is 0. The molecule has 9 heteroatoms. The van der Waals surface area contributed by atoms with E-state index in [1.807, 2.05) is 19.1 Å². The highest BCUT2D eigenvalue weighted by Gasteiger charge is 2.29. The van der Waals surface area contributed by atoms with Gasteiger partial charge in [-0.3, -0.25) is 8.71 Å². The van der Waals surface area contributed by atoms with Gasteiger partial charge in [0.25, 0.3) is 10.0 Å². The van der Waals surface area contributed by atoms with Gasteiger partial charge in [0, 0.05) is 12.3 Å². The van der Waals surface area contributed by atoms with Gasteiger partial charge in [0.1, 0.15) is 22.4 Å². The Morgan fingerprint density at radius 1 is 0.968 bits per heavy atom. The first-order valence-corrected chi connectivity index (χ1v) is 11.1. The summed E-state index contributed by atoms with van der Waals surface area (Å²) in [5, 5.41) is 7.97. The van der Waals surface area contributed by atoms with Gasteiger partial charge in [-0.1, -0.05) is 19.1 Å². The molecular weight excluding hydrogens is 422 g/mol. The smallest absolute Gasteiger partial charge is 0.268 e. The fourth-order valence-corrected chi connectivity index (χ4v) is 4.98. The van der Waals surface area contributed by atoms with Crippen LogP contribution in [0, 0.1) is 18.6 Å². The first-order chi connectivity index (χ1) is 14.8. The van der Waals surface area contributed by atoms with Crippen LogP contribution in [0.5, 0.6) is 0 Å². The number of fused-ring (bicyclic) bond motifs is 1. The van der Waals surface area contributed by atoms with Gasteiger partial charge in [0.05, 0.1) is 12.2 Å². The minimum absolute atomic E-state index is 0.0490. The largest absolute Gasteiger partial charge is 0.286 e. The van der Waals surface area contributed by atoms with Gasteiger partial charge in [-0.2, -0.15) is 0 Å². The van der Waals surface area contributed by atoms with Gasteiger partial charge in [-0.25, -0.2) is 17.2 Å². The van der Waals surface area contributed by atoms with Crippen molar-refractivity contribution in [2.24, 2.45) is 0 Å². The van der Waals surface area contributed by atoms with E-state index in [9.17, 15) is 17.2 Å². The lowest BCUT2D eigenvalue weighted by atomic mass is 10.1. The summed E-state index contributed by atoms with van der Waals surface area (Å²) in [6.07, 6.45) is 2.46. The third kappa shape index (κ3) is 4.00. The van der Waals surface area contributed by atoms with Crippen LogP contribution < -0.4 is 4.31 Å². The molecule has 2 heterocycles. The molecule has 4 rings (SSSR count). The minimum atomic E-state index is -4.15. The molecule has 0 aliphatic heterocycles. The maximum absolute atomic E-state index is 13.8. The molecule has 160 valence electrons. The Hall–Kier alpha value is -3.33. The molecule has 2 aromatic heterocycles. The number of nitrogens with zero attached hydrogens (tertiary/aromatic N) is 4. The standard InChI is InChI=1S/C22H20F2N4O2S/c1-3-16-6-8-20(9-7-16)28(14-17-11-18(23)13-19(24)12-17)31(29,30)21-5-4-10-27-15(2)25-26-22(21)27/h4-13H,3,14H2,1-2H3. The Morgan fingerprint density at radius 2 is 1.65 bits per heavy atom. The van der Waals surface area contributed by atoms with E-state index in [1.165, 1.54) is 6.07 Å². The van der Waals surface area contributed by atoms with Gasteiger partial charge in [-0.05, 0) is 60.9 Å². The topological polar surface area (TPSA) is 67.6 Å². The monoisotopic (exact) mass is 442 g/mol. The molecule has 0 amide bonds. The van der Waals surface area contributed by atoms with E-state index in [1.54, 1.807) is 35.7 Å². The number of pyridine rings is 1. The number of aryl methyl sites for hydroxylation is 2. The predicted octanol–water partition coefficient (Wildman–Crippen LogP) is 4.27. The van der Waals surface area contributed by atoms with Crippen LogP contribution in [-0.4, -0.2) is 23.0 Å². The summed E-state index contributed by atoms with van der Waals surface area (Å²) in [6.45, 7) is 3.46. The Kier molecular flexibility index (Phi) is 5.45. The van der Waals surface area contributed by atoms with Crippen molar-refractivity contribution < 1.29 is 17.2 Å². The minimum Gasteiger partial charge on any atom is -0.286 e. The first kappa shape index (κ1) is 20.9. The summed E-state index contributed by atoms with van der Waals surface area (Å²) in [5.41, 5.74) is 1.78. The van der Waals surface area contributed by atoms with Crippen molar-refractivity contribution in [3.05, 3.63) is 89.4 Å². The molecule has 2 aromatic carbocycles. The van der Waals surface area contributed by atoms with E-state index >= 15 is 0 Å². The molecule has 0 radical (unpaired) electrons. The fraction of sp³-hybridized carbons (Fsp3) is 0.182. The van der Waals surface area contributed by atoms with Gasteiger partial charge >= 0.3 is 0 Å². The molecule has 4 aromatic rings. The lowest BCUT2D eigenvalue weighted by molar-refractivity contribution is 0.576. The van der Waals surface area contributed by atoms with E-state index in [-0.39, 0.29) is 22.7 Å². The number of halogens is 2. The Labute approximate surface area is 178 Å². The average Bonchev–Trinajstić information content (AvgIpc) is 3.12. The third-order valence-electron chi connectivity index (χ3n) is 5.02. The Balaban J connectivity index is 1.87. The Morgan fingerprint density at radius 3 is 2.29 bits per heavy atom. The van der Waals surface area contributed by atoms with Crippen molar-refractivity contribution in [2.45, 2.75) is 31.7 Å². The highest BCUT2D eigenvalue weighted by atomic mass is 32.2. The third-order valence-corrected chi connectivity index (χ3v) is 6.81. The Bertz CT molecular complexity index is 1330. The van der Waals surface area contributed by atoms with Crippen molar-refractivity contribution >= 4 is 21.4 Å². The van der Waals surface area contributed by atoms with Gasteiger partial charge in [0.15, 0.2) is 5.65 Å². The van der Waals surface area contributed by atoms with E-state index in [0.717, 1.165) is 34.5 Å². The molecule has 0 spiro atoms. The second-order valence-electron chi connectivity index (χ2n) is 7.12. The number of benzene rings is 2. The van der Waals surface area contributed by atoms with Crippen LogP contribution in [0.25, 0.3) is 5.65 Å². The van der Waals surface area contributed by atoms with Crippen molar-refractivity contribution in [1.29, 1.82) is 0 Å². The molecule has 0 aliphatic carbocycles. The van der Waals surface area contributed by atoms with E-state index < -0.39 is 21.7 Å². The molecular formula is C22H20F2N4O2S. The predicted molar refractivity (Wildman–Crippen MR) is 113 cm³/mol. The van der Waals surface area contributed by atoms with Crippen molar-refractivity contribution in [1.82, 2.24) is 14.6 Å². The SMILES string of the molecule is CCc1ccc(N(Cc2cc(F)cc(F)c2)S(=O)(=O)c2cccn3c(C)nnc23)cc1. The molecule has 0 saturated carbocycles. The van der Waals surface area contributed by atoms with Crippen LogP contribution in [0.15, 0.2) is 65.7 Å². The maximum Gasteiger partial charge on any atom is 0.268 e. The van der Waals surface area contributed by atoms with Gasteiger partial charge < -0.3 is 0 Å². The number of sulfonamides is 1. The number of hydrogen-bond donors (Lipinski definition) is 0. The summed E-state index contributed by atoms with van der Waals surface area (Å²) in [4.78, 5) is -0.0490. The molecule has 6 nitrogen and oxygen atoms in total. The molecule has 31 heavy (non-hydrogen) atoms. The van der Waals surface area contributed by atoms with Gasteiger partial charge in [-0.15, -0.1) is 10.2 Å². The molecule has 0 atom stereocenters. The molecule has 0 N–H and O–H groups in total. The highest BCUT2D eigenvalue weighted by Crippen LogP contribution is 2.29. The van der Waals surface area contributed by atoms with Crippen molar-refractivity contribution in [2.75, 3.05) is 4.31 Å². The zero-order valence-corrected chi connectivity index (χ0v) is 17.8. The van der Waals surface area contributed by atoms with E-state index in [0.29, 0.717) is 11.5 Å². The normalized spacial score (nSPS) is 11.7. The average molecular weight is 442 g/mol. The lowest BCUT2D eigenvalue weighted by Gasteiger charge is -2.25. The quantitative estimate of drug-likeness (QED) is 0.447. The first-order valence-electron chi connectivity index (χ1n) is 9.66. The lowest BCUT2D eigenvalue weighted by Crippen LogP contribution is -2.31. The highest BCUT2D eigenvalue weighted by molar-refractivity contribution is 7.93. The van der Waals surface area contributed by atoms with Crippen LogP contribution >= 0.6 is 0 Å². The molecule has 0 bridgehead atoms. The van der Waals surface area contributed by atoms with Crippen molar-refractivity contribution in [3.63, 3.8) is 0 Å². The van der Waals surface area contributed by atoms with Crippen LogP contribution in [-0.2, 0) is 23.0 Å². The number of hydrogen-bond acceptors (Lipinski definition) is 4.